The summed E-state index contributed by atoms with van der Waals surface area (Å²) in [5.74, 6) is 2.90. The zero-order chi connectivity index (χ0) is 12.7. The van der Waals surface area contributed by atoms with Crippen molar-refractivity contribution in [2.45, 2.75) is 31.8 Å². The second-order valence-corrected chi connectivity index (χ2v) is 5.31. The summed E-state index contributed by atoms with van der Waals surface area (Å²) in [6.07, 6.45) is 3.60. The Labute approximate surface area is 112 Å². The molecule has 98 valence electrons. The van der Waals surface area contributed by atoms with E-state index in [1.165, 1.54) is 18.4 Å². The molecule has 2 heterocycles. The molecule has 1 N–H and O–H groups in total. The molecule has 0 radical (unpaired) electrons. The first kappa shape index (κ1) is 11.1. The molecular formula is C16H17NO2. The van der Waals surface area contributed by atoms with Crippen LogP contribution in [-0.2, 0) is 13.0 Å². The van der Waals surface area contributed by atoms with E-state index in [-0.39, 0.29) is 0 Å². The Morgan fingerprint density at radius 2 is 2.11 bits per heavy atom. The maximum Gasteiger partial charge on any atom is 0.138 e. The molecule has 1 aliphatic heterocycles. The zero-order valence-electron chi connectivity index (χ0n) is 10.8. The number of nitrogens with one attached hydrogen (secondary N) is 1. The molecule has 2 aromatic rings. The van der Waals surface area contributed by atoms with Crippen LogP contribution in [0, 0.1) is 0 Å². The minimum atomic E-state index is 0.706. The zero-order valence-corrected chi connectivity index (χ0v) is 10.8. The molecule has 0 saturated heterocycles. The molecule has 0 atom stereocenters. The van der Waals surface area contributed by atoms with Crippen molar-refractivity contribution in [1.82, 2.24) is 5.32 Å². The van der Waals surface area contributed by atoms with E-state index >= 15 is 0 Å². The average Bonchev–Trinajstić information content (AvgIpc) is 2.96. The smallest absolute Gasteiger partial charge is 0.138 e. The van der Waals surface area contributed by atoms with Gasteiger partial charge in [0, 0.05) is 12.5 Å². The van der Waals surface area contributed by atoms with Gasteiger partial charge >= 0.3 is 0 Å². The van der Waals surface area contributed by atoms with Gasteiger partial charge in [0.1, 0.15) is 17.3 Å². The third-order valence-electron chi connectivity index (χ3n) is 3.78. The fourth-order valence-corrected chi connectivity index (χ4v) is 2.56. The molecule has 0 bridgehead atoms. The van der Waals surface area contributed by atoms with E-state index in [1.807, 2.05) is 6.07 Å². The van der Waals surface area contributed by atoms with Crippen molar-refractivity contribution in [3.63, 3.8) is 0 Å². The summed E-state index contributed by atoms with van der Waals surface area (Å²) in [5.41, 5.74) is 2.36. The quantitative estimate of drug-likeness (QED) is 0.911. The highest BCUT2D eigenvalue weighted by atomic mass is 16.5. The van der Waals surface area contributed by atoms with E-state index in [0.717, 1.165) is 42.4 Å². The lowest BCUT2D eigenvalue weighted by molar-refractivity contribution is 0.357. The second-order valence-electron chi connectivity index (χ2n) is 5.31. The molecule has 0 spiro atoms. The number of hydrogen-bond donors (Lipinski definition) is 1. The Bertz CT molecular complexity index is 599. The van der Waals surface area contributed by atoms with Crippen molar-refractivity contribution in [3.8, 4) is 17.1 Å². The van der Waals surface area contributed by atoms with Gasteiger partial charge in [0.25, 0.3) is 0 Å². The van der Waals surface area contributed by atoms with Gasteiger partial charge in [-0.05, 0) is 36.6 Å². The molecule has 1 aliphatic carbocycles. The Morgan fingerprint density at radius 3 is 3.00 bits per heavy atom. The fraction of sp³-hybridized carbons (Fsp3) is 0.375. The summed E-state index contributed by atoms with van der Waals surface area (Å²) in [4.78, 5) is 0. The third-order valence-corrected chi connectivity index (χ3v) is 3.78. The van der Waals surface area contributed by atoms with Crippen LogP contribution < -0.4 is 10.1 Å². The topological polar surface area (TPSA) is 34.4 Å². The van der Waals surface area contributed by atoms with Crippen LogP contribution in [0.3, 0.4) is 0 Å². The van der Waals surface area contributed by atoms with Gasteiger partial charge in [0.05, 0.1) is 18.7 Å². The highest BCUT2D eigenvalue weighted by Crippen LogP contribution is 2.37. The van der Waals surface area contributed by atoms with Crippen LogP contribution in [0.5, 0.6) is 5.75 Å². The first-order valence-electron chi connectivity index (χ1n) is 6.97. The summed E-state index contributed by atoms with van der Waals surface area (Å²) < 4.78 is 11.7. The van der Waals surface area contributed by atoms with E-state index in [0.29, 0.717) is 6.04 Å². The van der Waals surface area contributed by atoms with Crippen LogP contribution in [-0.4, -0.2) is 12.6 Å². The van der Waals surface area contributed by atoms with Crippen LogP contribution >= 0.6 is 0 Å². The van der Waals surface area contributed by atoms with E-state index in [9.17, 15) is 0 Å². The van der Waals surface area contributed by atoms with Crippen LogP contribution in [0.15, 0.2) is 34.7 Å². The van der Waals surface area contributed by atoms with Gasteiger partial charge in [0.15, 0.2) is 0 Å². The molecule has 3 heteroatoms. The molecule has 4 rings (SSSR count). The highest BCUT2D eigenvalue weighted by Gasteiger charge is 2.21. The van der Waals surface area contributed by atoms with E-state index in [2.05, 4.69) is 29.6 Å². The molecule has 19 heavy (non-hydrogen) atoms. The monoisotopic (exact) mass is 255 g/mol. The van der Waals surface area contributed by atoms with Gasteiger partial charge in [0.2, 0.25) is 0 Å². The lowest BCUT2D eigenvalue weighted by Gasteiger charge is -2.05. The van der Waals surface area contributed by atoms with Crippen molar-refractivity contribution in [2.24, 2.45) is 0 Å². The number of rotatable bonds is 4. The molecule has 3 nitrogen and oxygen atoms in total. The molecule has 0 amide bonds. The molecule has 1 aromatic heterocycles. The van der Waals surface area contributed by atoms with Gasteiger partial charge < -0.3 is 14.5 Å². The minimum Gasteiger partial charge on any atom is -0.492 e. The summed E-state index contributed by atoms with van der Waals surface area (Å²) in [7, 11) is 0. The lowest BCUT2D eigenvalue weighted by Crippen LogP contribution is -2.14. The summed E-state index contributed by atoms with van der Waals surface area (Å²) in [6, 6.07) is 11.1. The van der Waals surface area contributed by atoms with Gasteiger partial charge in [-0.1, -0.05) is 12.1 Å². The SMILES string of the molecule is c1cc2c(c(-c3ccc(CNC4CC4)o3)c1)OCC2. The Morgan fingerprint density at radius 1 is 1.16 bits per heavy atom. The second kappa shape index (κ2) is 4.42. The van der Waals surface area contributed by atoms with E-state index < -0.39 is 0 Å². The molecule has 1 aromatic carbocycles. The number of hydrogen-bond acceptors (Lipinski definition) is 3. The molecular weight excluding hydrogens is 238 g/mol. The summed E-state index contributed by atoms with van der Waals surface area (Å²) >= 11 is 0. The largest absolute Gasteiger partial charge is 0.492 e. The van der Waals surface area contributed by atoms with Gasteiger partial charge in [-0.25, -0.2) is 0 Å². The van der Waals surface area contributed by atoms with Crippen LogP contribution in [0.4, 0.5) is 0 Å². The van der Waals surface area contributed by atoms with E-state index in [4.69, 9.17) is 9.15 Å². The Balaban J connectivity index is 1.59. The van der Waals surface area contributed by atoms with Crippen molar-refractivity contribution >= 4 is 0 Å². The fourth-order valence-electron chi connectivity index (χ4n) is 2.56. The predicted octanol–water partition coefficient (Wildman–Crippen LogP) is 3.13. The van der Waals surface area contributed by atoms with Crippen molar-refractivity contribution < 1.29 is 9.15 Å². The standard InChI is InChI=1S/C16H17NO2/c1-2-11-8-9-18-16(11)14(3-1)15-7-6-13(19-15)10-17-12-4-5-12/h1-3,6-7,12,17H,4-5,8-10H2. The first-order valence-corrected chi connectivity index (χ1v) is 6.97. The highest BCUT2D eigenvalue weighted by molar-refractivity contribution is 5.69. The maximum atomic E-state index is 5.93. The summed E-state index contributed by atoms with van der Waals surface area (Å²) in [6.45, 7) is 1.60. The number of fused-ring (bicyclic) bond motifs is 1. The maximum absolute atomic E-state index is 5.93. The third kappa shape index (κ3) is 2.15. The van der Waals surface area contributed by atoms with E-state index in [1.54, 1.807) is 0 Å². The Kier molecular flexibility index (Phi) is 2.59. The van der Waals surface area contributed by atoms with Crippen LogP contribution in [0.25, 0.3) is 11.3 Å². The number of ether oxygens (including phenoxy) is 1. The van der Waals surface area contributed by atoms with Gasteiger partial charge in [-0.2, -0.15) is 0 Å². The Hall–Kier alpha value is -1.74. The number of para-hydroxylation sites is 1. The van der Waals surface area contributed by atoms with Gasteiger partial charge in [-0.15, -0.1) is 0 Å². The van der Waals surface area contributed by atoms with Gasteiger partial charge in [-0.3, -0.25) is 0 Å². The van der Waals surface area contributed by atoms with Crippen molar-refractivity contribution in [2.75, 3.05) is 6.61 Å². The summed E-state index contributed by atoms with van der Waals surface area (Å²) in [5, 5.41) is 3.46. The minimum absolute atomic E-state index is 0.706. The molecule has 1 fully saturated rings. The lowest BCUT2D eigenvalue weighted by atomic mass is 10.1. The molecule has 1 saturated carbocycles. The van der Waals surface area contributed by atoms with Crippen molar-refractivity contribution in [3.05, 3.63) is 41.7 Å². The van der Waals surface area contributed by atoms with Crippen LogP contribution in [0.1, 0.15) is 24.2 Å². The molecule has 2 aliphatic rings. The molecule has 0 unspecified atom stereocenters. The predicted molar refractivity (Wildman–Crippen MR) is 73.2 cm³/mol. The number of benzene rings is 1. The van der Waals surface area contributed by atoms with Crippen molar-refractivity contribution in [1.29, 1.82) is 0 Å². The van der Waals surface area contributed by atoms with Crippen LogP contribution in [0.2, 0.25) is 0 Å². The number of furan rings is 1. The average molecular weight is 255 g/mol. The first-order chi connectivity index (χ1) is 9.40. The normalized spacial score (nSPS) is 17.3.